The van der Waals surface area contributed by atoms with Crippen molar-refractivity contribution < 1.29 is 5.11 Å². The van der Waals surface area contributed by atoms with E-state index >= 15 is 0 Å². The highest BCUT2D eigenvalue weighted by Gasteiger charge is 2.45. The lowest BCUT2D eigenvalue weighted by Gasteiger charge is -2.51. The van der Waals surface area contributed by atoms with Gasteiger partial charge in [-0.2, -0.15) is 0 Å². The SMILES string of the molecule is CC1(C)CN(Cc2ccc(O)cc2)C2(CCCC2)CN1. The Morgan fingerprint density at radius 2 is 1.80 bits per heavy atom. The highest BCUT2D eigenvalue weighted by molar-refractivity contribution is 5.26. The Kier molecular flexibility index (Phi) is 3.51. The van der Waals surface area contributed by atoms with E-state index in [0.29, 0.717) is 11.3 Å². The lowest BCUT2D eigenvalue weighted by atomic mass is 9.86. The Labute approximate surface area is 122 Å². The number of nitrogens with zero attached hydrogens (tertiary/aromatic N) is 1. The Morgan fingerprint density at radius 1 is 1.15 bits per heavy atom. The summed E-state index contributed by atoms with van der Waals surface area (Å²) in [6.07, 6.45) is 5.34. The average molecular weight is 274 g/mol. The van der Waals surface area contributed by atoms with Crippen LogP contribution in [0.2, 0.25) is 0 Å². The Bertz CT molecular complexity index is 460. The lowest BCUT2D eigenvalue weighted by Crippen LogP contribution is -2.66. The van der Waals surface area contributed by atoms with Gasteiger partial charge in [0.1, 0.15) is 5.75 Å². The van der Waals surface area contributed by atoms with Crippen LogP contribution in [0.5, 0.6) is 5.75 Å². The molecule has 2 N–H and O–H groups in total. The molecule has 1 aromatic carbocycles. The number of benzene rings is 1. The first-order chi connectivity index (χ1) is 9.49. The number of hydrogen-bond acceptors (Lipinski definition) is 3. The second kappa shape index (κ2) is 5.05. The van der Waals surface area contributed by atoms with Crippen molar-refractivity contribution in [1.82, 2.24) is 10.2 Å². The fourth-order valence-corrected chi connectivity index (χ4v) is 3.79. The summed E-state index contributed by atoms with van der Waals surface area (Å²) < 4.78 is 0. The van der Waals surface area contributed by atoms with Crippen LogP contribution in [0, 0.1) is 0 Å². The van der Waals surface area contributed by atoms with Crippen molar-refractivity contribution in [3.05, 3.63) is 29.8 Å². The predicted octanol–water partition coefficient (Wildman–Crippen LogP) is 2.89. The molecule has 0 bridgehead atoms. The van der Waals surface area contributed by atoms with Gasteiger partial charge in [-0.25, -0.2) is 0 Å². The maximum Gasteiger partial charge on any atom is 0.115 e. The number of hydrogen-bond donors (Lipinski definition) is 2. The van der Waals surface area contributed by atoms with Crippen LogP contribution in [-0.4, -0.2) is 34.2 Å². The minimum atomic E-state index is 0.185. The molecule has 0 aromatic heterocycles. The number of nitrogens with one attached hydrogen (secondary N) is 1. The second-order valence-corrected chi connectivity index (χ2v) is 7.19. The van der Waals surface area contributed by atoms with E-state index in [1.165, 1.54) is 31.2 Å². The molecule has 2 fully saturated rings. The molecular weight excluding hydrogens is 248 g/mol. The van der Waals surface area contributed by atoms with Gasteiger partial charge in [-0.05, 0) is 44.4 Å². The second-order valence-electron chi connectivity index (χ2n) is 7.19. The van der Waals surface area contributed by atoms with Crippen LogP contribution >= 0.6 is 0 Å². The minimum Gasteiger partial charge on any atom is -0.508 e. The van der Waals surface area contributed by atoms with Crippen LogP contribution in [0.25, 0.3) is 0 Å². The van der Waals surface area contributed by atoms with Gasteiger partial charge in [0.05, 0.1) is 0 Å². The third-order valence-corrected chi connectivity index (χ3v) is 5.00. The third-order valence-electron chi connectivity index (χ3n) is 5.00. The third kappa shape index (κ3) is 2.70. The monoisotopic (exact) mass is 274 g/mol. The summed E-state index contributed by atoms with van der Waals surface area (Å²) in [6.45, 7) is 7.77. The van der Waals surface area contributed by atoms with Gasteiger partial charge in [-0.15, -0.1) is 0 Å². The van der Waals surface area contributed by atoms with Crippen LogP contribution < -0.4 is 5.32 Å². The molecule has 1 aliphatic heterocycles. The van der Waals surface area contributed by atoms with Gasteiger partial charge in [0.2, 0.25) is 0 Å². The van der Waals surface area contributed by atoms with Gasteiger partial charge in [0.15, 0.2) is 0 Å². The van der Waals surface area contributed by atoms with E-state index < -0.39 is 0 Å². The van der Waals surface area contributed by atoms with E-state index in [2.05, 4.69) is 24.1 Å². The van der Waals surface area contributed by atoms with E-state index in [4.69, 9.17) is 0 Å². The van der Waals surface area contributed by atoms with Gasteiger partial charge < -0.3 is 10.4 Å². The molecule has 1 spiro atoms. The highest BCUT2D eigenvalue weighted by atomic mass is 16.3. The summed E-state index contributed by atoms with van der Waals surface area (Å²) in [6, 6.07) is 7.69. The summed E-state index contributed by atoms with van der Waals surface area (Å²) >= 11 is 0. The van der Waals surface area contributed by atoms with Gasteiger partial charge in [-0.3, -0.25) is 4.90 Å². The maximum absolute atomic E-state index is 9.43. The Morgan fingerprint density at radius 3 is 2.45 bits per heavy atom. The van der Waals surface area contributed by atoms with Crippen molar-refractivity contribution in [2.75, 3.05) is 13.1 Å². The summed E-state index contributed by atoms with van der Waals surface area (Å²) in [5.74, 6) is 0.352. The molecule has 1 aliphatic carbocycles. The van der Waals surface area contributed by atoms with Crippen LogP contribution in [0.1, 0.15) is 45.1 Å². The first kappa shape index (κ1) is 13.9. The molecule has 0 amide bonds. The van der Waals surface area contributed by atoms with Gasteiger partial charge in [0.25, 0.3) is 0 Å². The van der Waals surface area contributed by atoms with Crippen molar-refractivity contribution in [2.45, 2.75) is 57.2 Å². The zero-order chi connectivity index (χ0) is 14.2. The van der Waals surface area contributed by atoms with Crippen molar-refractivity contribution in [3.8, 4) is 5.75 Å². The predicted molar refractivity (Wildman–Crippen MR) is 81.8 cm³/mol. The number of piperazine rings is 1. The van der Waals surface area contributed by atoms with E-state index in [-0.39, 0.29) is 5.54 Å². The number of aromatic hydroxyl groups is 1. The molecule has 3 nitrogen and oxygen atoms in total. The van der Waals surface area contributed by atoms with Crippen LogP contribution in [0.15, 0.2) is 24.3 Å². The molecule has 0 atom stereocenters. The lowest BCUT2D eigenvalue weighted by molar-refractivity contribution is 0.0122. The summed E-state index contributed by atoms with van der Waals surface area (Å²) in [4.78, 5) is 2.68. The fourth-order valence-electron chi connectivity index (χ4n) is 3.79. The molecule has 1 saturated carbocycles. The largest absolute Gasteiger partial charge is 0.508 e. The molecule has 2 aliphatic rings. The number of phenolic OH excluding ortho intramolecular Hbond substituents is 1. The van der Waals surface area contributed by atoms with Crippen molar-refractivity contribution in [3.63, 3.8) is 0 Å². The van der Waals surface area contributed by atoms with Gasteiger partial charge in [-0.1, -0.05) is 25.0 Å². The minimum absolute atomic E-state index is 0.185. The molecule has 0 unspecified atom stereocenters. The van der Waals surface area contributed by atoms with E-state index in [1.807, 2.05) is 12.1 Å². The Balaban J connectivity index is 1.80. The summed E-state index contributed by atoms with van der Waals surface area (Å²) in [5, 5.41) is 13.2. The van der Waals surface area contributed by atoms with Crippen molar-refractivity contribution in [1.29, 1.82) is 0 Å². The maximum atomic E-state index is 9.43. The zero-order valence-corrected chi connectivity index (χ0v) is 12.7. The molecule has 0 radical (unpaired) electrons. The molecular formula is C17H26N2O. The first-order valence-corrected chi connectivity index (χ1v) is 7.77. The average Bonchev–Trinajstić information content (AvgIpc) is 2.87. The van der Waals surface area contributed by atoms with Crippen LogP contribution in [0.4, 0.5) is 0 Å². The van der Waals surface area contributed by atoms with Gasteiger partial charge >= 0.3 is 0 Å². The summed E-state index contributed by atoms with van der Waals surface area (Å²) in [7, 11) is 0. The molecule has 1 heterocycles. The van der Waals surface area contributed by atoms with E-state index in [0.717, 1.165) is 19.6 Å². The van der Waals surface area contributed by atoms with Crippen LogP contribution in [-0.2, 0) is 6.54 Å². The van der Waals surface area contributed by atoms with E-state index in [9.17, 15) is 5.11 Å². The number of rotatable bonds is 2. The smallest absolute Gasteiger partial charge is 0.115 e. The number of phenols is 1. The van der Waals surface area contributed by atoms with Crippen molar-refractivity contribution >= 4 is 0 Å². The van der Waals surface area contributed by atoms with Gasteiger partial charge in [0, 0.05) is 30.7 Å². The highest BCUT2D eigenvalue weighted by Crippen LogP contribution is 2.39. The molecule has 110 valence electrons. The van der Waals surface area contributed by atoms with Crippen LogP contribution in [0.3, 0.4) is 0 Å². The molecule has 3 heteroatoms. The summed E-state index contributed by atoms with van der Waals surface area (Å²) in [5.41, 5.74) is 1.84. The normalized spacial score (nSPS) is 25.1. The zero-order valence-electron chi connectivity index (χ0n) is 12.7. The molecule has 1 saturated heterocycles. The molecule has 20 heavy (non-hydrogen) atoms. The molecule has 1 aromatic rings. The fraction of sp³-hybridized carbons (Fsp3) is 0.647. The quantitative estimate of drug-likeness (QED) is 0.870. The topological polar surface area (TPSA) is 35.5 Å². The van der Waals surface area contributed by atoms with E-state index in [1.54, 1.807) is 12.1 Å². The Hall–Kier alpha value is -1.06. The van der Waals surface area contributed by atoms with Crippen molar-refractivity contribution in [2.24, 2.45) is 0 Å². The first-order valence-electron chi connectivity index (χ1n) is 7.77. The molecule has 3 rings (SSSR count). The standard InChI is InChI=1S/C17H26N2O/c1-16(2)13-19(11-14-5-7-15(20)8-6-14)17(12-18-16)9-3-4-10-17/h5-8,18,20H,3-4,9-13H2,1-2H3.